The Morgan fingerprint density at radius 2 is 1.67 bits per heavy atom. The Bertz CT molecular complexity index is 303. The molecular formula is C12H23N3O3. The first-order chi connectivity index (χ1) is 8.40. The summed E-state index contributed by atoms with van der Waals surface area (Å²) in [7, 11) is 1.50. The maximum Gasteiger partial charge on any atom is 0.239 e. The number of hydrogen-bond acceptors (Lipinski definition) is 3. The van der Waals surface area contributed by atoms with Gasteiger partial charge in [-0.05, 0) is 12.8 Å². The van der Waals surface area contributed by atoms with Gasteiger partial charge >= 0.3 is 0 Å². The van der Waals surface area contributed by atoms with E-state index in [-0.39, 0.29) is 36.7 Å². The van der Waals surface area contributed by atoms with Crippen molar-refractivity contribution in [3.8, 4) is 0 Å². The molecule has 0 aliphatic carbocycles. The largest absolute Gasteiger partial charge is 0.358 e. The van der Waals surface area contributed by atoms with Gasteiger partial charge in [0.1, 0.15) is 13.1 Å². The summed E-state index contributed by atoms with van der Waals surface area (Å²) in [6.45, 7) is 5.98. The Kier molecular flexibility index (Phi) is 7.74. The average molecular weight is 257 g/mol. The first-order valence-corrected chi connectivity index (χ1v) is 6.15. The summed E-state index contributed by atoms with van der Waals surface area (Å²) in [6, 6.07) is 0. The molecule has 0 saturated heterocycles. The van der Waals surface area contributed by atoms with E-state index in [1.807, 2.05) is 13.8 Å². The Labute approximate surface area is 108 Å². The predicted octanol–water partition coefficient (Wildman–Crippen LogP) is -0.257. The summed E-state index contributed by atoms with van der Waals surface area (Å²) >= 11 is 0. The molecule has 0 aliphatic rings. The van der Waals surface area contributed by atoms with Gasteiger partial charge in [-0.3, -0.25) is 14.4 Å². The molecule has 0 aromatic heterocycles. The molecule has 0 heterocycles. The Hall–Kier alpha value is -1.59. The van der Waals surface area contributed by atoms with E-state index in [4.69, 9.17) is 0 Å². The zero-order chi connectivity index (χ0) is 14.1. The molecule has 0 atom stereocenters. The molecule has 104 valence electrons. The van der Waals surface area contributed by atoms with Crippen LogP contribution in [-0.2, 0) is 14.4 Å². The van der Waals surface area contributed by atoms with E-state index in [0.717, 1.165) is 0 Å². The van der Waals surface area contributed by atoms with Gasteiger partial charge in [0.15, 0.2) is 0 Å². The zero-order valence-corrected chi connectivity index (χ0v) is 11.6. The van der Waals surface area contributed by atoms with Gasteiger partial charge in [-0.25, -0.2) is 0 Å². The van der Waals surface area contributed by atoms with Crippen LogP contribution in [0.15, 0.2) is 0 Å². The zero-order valence-electron chi connectivity index (χ0n) is 11.6. The van der Waals surface area contributed by atoms with Gasteiger partial charge in [-0.15, -0.1) is 0 Å². The van der Waals surface area contributed by atoms with E-state index in [1.54, 1.807) is 6.92 Å². The number of likely N-dealkylation sites (N-methyl/N-ethyl adjacent to an activating group) is 2. The fourth-order valence-electron chi connectivity index (χ4n) is 1.39. The van der Waals surface area contributed by atoms with Crippen LogP contribution < -0.4 is 10.6 Å². The van der Waals surface area contributed by atoms with Crippen LogP contribution in [-0.4, -0.2) is 49.3 Å². The smallest absolute Gasteiger partial charge is 0.239 e. The highest BCUT2D eigenvalue weighted by Gasteiger charge is 2.20. The highest BCUT2D eigenvalue weighted by molar-refractivity contribution is 5.89. The topological polar surface area (TPSA) is 78.5 Å². The molecule has 6 heteroatoms. The van der Waals surface area contributed by atoms with Crippen LogP contribution in [0.4, 0.5) is 0 Å². The van der Waals surface area contributed by atoms with Crippen molar-refractivity contribution >= 4 is 17.7 Å². The maximum absolute atomic E-state index is 11.9. The Morgan fingerprint density at radius 1 is 1.11 bits per heavy atom. The van der Waals surface area contributed by atoms with Crippen molar-refractivity contribution in [2.24, 2.45) is 5.92 Å². The summed E-state index contributed by atoms with van der Waals surface area (Å²) in [6.07, 6.45) is 0.330. The summed E-state index contributed by atoms with van der Waals surface area (Å²) in [5.74, 6) is -0.520. The third-order valence-electron chi connectivity index (χ3n) is 2.26. The Balaban J connectivity index is 4.55. The van der Waals surface area contributed by atoms with Crippen molar-refractivity contribution in [2.45, 2.75) is 27.2 Å². The lowest BCUT2D eigenvalue weighted by Crippen LogP contribution is -2.45. The highest BCUT2D eigenvalue weighted by Crippen LogP contribution is 2.04. The SMILES string of the molecule is CCNC(=O)CN(CC(=O)NC)C(=O)CC(C)C. The second-order valence-electron chi connectivity index (χ2n) is 4.47. The first-order valence-electron chi connectivity index (χ1n) is 6.15. The highest BCUT2D eigenvalue weighted by atomic mass is 16.2. The van der Waals surface area contributed by atoms with Crippen molar-refractivity contribution < 1.29 is 14.4 Å². The van der Waals surface area contributed by atoms with Gasteiger partial charge in [0, 0.05) is 20.0 Å². The molecule has 0 saturated carbocycles. The maximum atomic E-state index is 11.9. The van der Waals surface area contributed by atoms with E-state index in [1.165, 1.54) is 11.9 Å². The van der Waals surface area contributed by atoms with Gasteiger partial charge < -0.3 is 15.5 Å². The van der Waals surface area contributed by atoms with E-state index >= 15 is 0 Å². The number of carbonyl (C=O) groups is 3. The minimum Gasteiger partial charge on any atom is -0.358 e. The molecule has 6 nitrogen and oxygen atoms in total. The molecule has 0 unspecified atom stereocenters. The van der Waals surface area contributed by atoms with Gasteiger partial charge in [-0.1, -0.05) is 13.8 Å². The van der Waals surface area contributed by atoms with Crippen molar-refractivity contribution in [1.82, 2.24) is 15.5 Å². The lowest BCUT2D eigenvalue weighted by molar-refractivity contribution is -0.139. The summed E-state index contributed by atoms with van der Waals surface area (Å²) < 4.78 is 0. The molecule has 0 fully saturated rings. The first kappa shape index (κ1) is 16.4. The molecular weight excluding hydrogens is 234 g/mol. The van der Waals surface area contributed by atoms with Crippen LogP contribution >= 0.6 is 0 Å². The number of rotatable bonds is 7. The fourth-order valence-corrected chi connectivity index (χ4v) is 1.39. The normalized spacial score (nSPS) is 10.1. The van der Waals surface area contributed by atoms with Gasteiger partial charge in [-0.2, -0.15) is 0 Å². The van der Waals surface area contributed by atoms with Crippen molar-refractivity contribution in [3.05, 3.63) is 0 Å². The number of nitrogens with one attached hydrogen (secondary N) is 2. The summed E-state index contributed by atoms with van der Waals surface area (Å²) in [4.78, 5) is 36.0. The summed E-state index contributed by atoms with van der Waals surface area (Å²) in [5, 5.41) is 5.06. The number of nitrogens with zero attached hydrogens (tertiary/aromatic N) is 1. The van der Waals surface area contributed by atoms with E-state index < -0.39 is 0 Å². The van der Waals surface area contributed by atoms with Crippen LogP contribution in [0.5, 0.6) is 0 Å². The third kappa shape index (κ3) is 6.88. The lowest BCUT2D eigenvalue weighted by Gasteiger charge is -2.22. The minimum absolute atomic E-state index is 0.0766. The fraction of sp³-hybridized carbons (Fsp3) is 0.750. The molecule has 0 aromatic carbocycles. The second-order valence-corrected chi connectivity index (χ2v) is 4.47. The predicted molar refractivity (Wildman–Crippen MR) is 68.8 cm³/mol. The van der Waals surface area contributed by atoms with Gasteiger partial charge in [0.2, 0.25) is 17.7 Å². The standard InChI is InChI=1S/C12H23N3O3/c1-5-14-11(17)8-15(7-10(16)13-4)12(18)6-9(2)3/h9H,5-8H2,1-4H3,(H,13,16)(H,14,17). The number of amides is 3. The Morgan fingerprint density at radius 3 is 2.11 bits per heavy atom. The van der Waals surface area contributed by atoms with Crippen molar-refractivity contribution in [1.29, 1.82) is 0 Å². The molecule has 0 rings (SSSR count). The van der Waals surface area contributed by atoms with Crippen LogP contribution in [0.2, 0.25) is 0 Å². The molecule has 0 spiro atoms. The van der Waals surface area contributed by atoms with Gasteiger partial charge in [0.25, 0.3) is 0 Å². The minimum atomic E-state index is -0.281. The second kappa shape index (κ2) is 8.49. The van der Waals surface area contributed by atoms with Crippen molar-refractivity contribution in [3.63, 3.8) is 0 Å². The molecule has 18 heavy (non-hydrogen) atoms. The van der Waals surface area contributed by atoms with Crippen molar-refractivity contribution in [2.75, 3.05) is 26.7 Å². The van der Waals surface area contributed by atoms with Crippen LogP contribution in [0, 0.1) is 5.92 Å². The van der Waals surface area contributed by atoms with E-state index in [9.17, 15) is 14.4 Å². The molecule has 2 N–H and O–H groups in total. The summed E-state index contributed by atoms with van der Waals surface area (Å²) in [5.41, 5.74) is 0. The van der Waals surface area contributed by atoms with E-state index in [0.29, 0.717) is 13.0 Å². The number of carbonyl (C=O) groups excluding carboxylic acids is 3. The average Bonchev–Trinajstić information content (AvgIpc) is 2.27. The van der Waals surface area contributed by atoms with Crippen LogP contribution in [0.1, 0.15) is 27.2 Å². The van der Waals surface area contributed by atoms with Crippen LogP contribution in [0.25, 0.3) is 0 Å². The third-order valence-corrected chi connectivity index (χ3v) is 2.26. The van der Waals surface area contributed by atoms with Crippen LogP contribution in [0.3, 0.4) is 0 Å². The molecule has 0 radical (unpaired) electrons. The van der Waals surface area contributed by atoms with Gasteiger partial charge in [0.05, 0.1) is 0 Å². The molecule has 3 amide bonds. The monoisotopic (exact) mass is 257 g/mol. The molecule has 0 bridgehead atoms. The quantitative estimate of drug-likeness (QED) is 0.660. The number of hydrogen-bond donors (Lipinski definition) is 2. The molecule has 0 aliphatic heterocycles. The molecule has 0 aromatic rings. The van der Waals surface area contributed by atoms with E-state index in [2.05, 4.69) is 10.6 Å². The lowest BCUT2D eigenvalue weighted by atomic mass is 10.1.